The van der Waals surface area contributed by atoms with Gasteiger partial charge in [-0.2, -0.15) is 0 Å². The summed E-state index contributed by atoms with van der Waals surface area (Å²) in [4.78, 5) is 5.08. The van der Waals surface area contributed by atoms with Crippen LogP contribution in [0.25, 0.3) is 0 Å². The Labute approximate surface area is 206 Å². The third-order valence-electron chi connectivity index (χ3n) is 5.40. The summed E-state index contributed by atoms with van der Waals surface area (Å²) in [6, 6.07) is 3.36. The third-order valence-corrected chi connectivity index (χ3v) is 7.07. The quantitative estimate of drug-likeness (QED) is 0.152. The lowest BCUT2D eigenvalue weighted by molar-refractivity contribution is 0.395. The van der Waals surface area contributed by atoms with Gasteiger partial charge in [0.1, 0.15) is 22.1 Å². The Balaban J connectivity index is 1.88. The minimum atomic E-state index is 0.165. The maximum atomic E-state index is 10.6. The van der Waals surface area contributed by atoms with Crippen molar-refractivity contribution < 1.29 is 14.6 Å². The molecule has 32 heavy (non-hydrogen) atoms. The fraction of sp³-hybridized carbons (Fsp3) is 0.583. The molecule has 0 unspecified atom stereocenters. The van der Waals surface area contributed by atoms with Crippen LogP contribution in [0.5, 0.6) is 17.4 Å². The SMILES string of the molecule is CCCCCCCCCCCCn1c(O)c(C=Nc2cc(Cl)c(OC)cc2OC)sc1=S. The highest BCUT2D eigenvalue weighted by Gasteiger charge is 2.12. The summed E-state index contributed by atoms with van der Waals surface area (Å²) >= 11 is 13.0. The number of aromatic nitrogens is 1. The molecule has 5 nitrogen and oxygen atoms in total. The van der Waals surface area contributed by atoms with Gasteiger partial charge in [-0.1, -0.05) is 87.6 Å². The van der Waals surface area contributed by atoms with Gasteiger partial charge in [-0.05, 0) is 24.7 Å². The van der Waals surface area contributed by atoms with Gasteiger partial charge in [-0.15, -0.1) is 0 Å². The van der Waals surface area contributed by atoms with E-state index in [9.17, 15) is 5.11 Å². The molecule has 0 saturated heterocycles. The molecule has 0 aliphatic heterocycles. The van der Waals surface area contributed by atoms with Gasteiger partial charge >= 0.3 is 0 Å². The molecule has 2 aromatic rings. The number of unbranched alkanes of at least 4 members (excludes halogenated alkanes) is 9. The Morgan fingerprint density at radius 2 is 1.59 bits per heavy atom. The van der Waals surface area contributed by atoms with Crippen molar-refractivity contribution in [3.8, 4) is 17.4 Å². The predicted octanol–water partition coefficient (Wildman–Crippen LogP) is 8.33. The van der Waals surface area contributed by atoms with Crippen molar-refractivity contribution in [2.45, 2.75) is 77.7 Å². The third kappa shape index (κ3) is 8.09. The second-order valence-corrected chi connectivity index (χ2v) is 9.89. The summed E-state index contributed by atoms with van der Waals surface area (Å²) < 4.78 is 13.0. The second-order valence-electron chi connectivity index (χ2n) is 7.81. The molecule has 178 valence electrons. The van der Waals surface area contributed by atoms with E-state index in [2.05, 4.69) is 11.9 Å². The molecular formula is C24H35ClN2O3S2. The average molecular weight is 499 g/mol. The number of hydrogen-bond acceptors (Lipinski definition) is 6. The maximum Gasteiger partial charge on any atom is 0.212 e. The van der Waals surface area contributed by atoms with Crippen molar-refractivity contribution in [2.75, 3.05) is 14.2 Å². The van der Waals surface area contributed by atoms with Crippen molar-refractivity contribution in [1.29, 1.82) is 0 Å². The summed E-state index contributed by atoms with van der Waals surface area (Å²) in [6.45, 7) is 2.98. The van der Waals surface area contributed by atoms with E-state index in [1.807, 2.05) is 0 Å². The summed E-state index contributed by atoms with van der Waals surface area (Å²) in [5, 5.41) is 11.1. The Bertz CT molecular complexity index is 925. The van der Waals surface area contributed by atoms with E-state index in [0.717, 1.165) is 19.4 Å². The number of benzene rings is 1. The zero-order valence-corrected chi connectivity index (χ0v) is 21.8. The van der Waals surface area contributed by atoms with E-state index in [0.29, 0.717) is 31.0 Å². The van der Waals surface area contributed by atoms with E-state index in [1.54, 1.807) is 37.1 Å². The largest absolute Gasteiger partial charge is 0.495 e. The number of rotatable bonds is 15. The molecule has 0 spiro atoms. The van der Waals surface area contributed by atoms with Crippen LogP contribution in [0.15, 0.2) is 17.1 Å². The van der Waals surface area contributed by atoms with E-state index in [-0.39, 0.29) is 5.88 Å². The van der Waals surface area contributed by atoms with Crippen LogP contribution in [0.3, 0.4) is 0 Å². The van der Waals surface area contributed by atoms with Gasteiger partial charge in [-0.3, -0.25) is 9.56 Å². The molecule has 1 N–H and O–H groups in total. The molecule has 0 aliphatic carbocycles. The van der Waals surface area contributed by atoms with Gasteiger partial charge in [0.15, 0.2) is 3.95 Å². The van der Waals surface area contributed by atoms with E-state index in [1.165, 1.54) is 62.7 Å². The fourth-order valence-electron chi connectivity index (χ4n) is 3.53. The fourth-order valence-corrected chi connectivity index (χ4v) is 4.99. The summed E-state index contributed by atoms with van der Waals surface area (Å²) in [5.74, 6) is 1.22. The first-order valence-electron chi connectivity index (χ1n) is 11.4. The first-order valence-corrected chi connectivity index (χ1v) is 13.0. The highest BCUT2D eigenvalue weighted by atomic mass is 35.5. The lowest BCUT2D eigenvalue weighted by Gasteiger charge is -2.08. The van der Waals surface area contributed by atoms with Crippen LogP contribution in [-0.2, 0) is 6.54 Å². The van der Waals surface area contributed by atoms with Crippen LogP contribution >= 0.6 is 35.2 Å². The molecule has 0 saturated carbocycles. The van der Waals surface area contributed by atoms with Gasteiger partial charge < -0.3 is 14.6 Å². The molecular weight excluding hydrogens is 464 g/mol. The number of thiazole rings is 1. The zero-order chi connectivity index (χ0) is 23.3. The number of aromatic hydroxyl groups is 1. The van der Waals surface area contributed by atoms with E-state index < -0.39 is 0 Å². The zero-order valence-electron chi connectivity index (χ0n) is 19.4. The topological polar surface area (TPSA) is 56.0 Å². The van der Waals surface area contributed by atoms with Crippen molar-refractivity contribution in [3.05, 3.63) is 26.0 Å². The Morgan fingerprint density at radius 3 is 2.19 bits per heavy atom. The Morgan fingerprint density at radius 1 is 1.00 bits per heavy atom. The minimum absolute atomic E-state index is 0.165. The average Bonchev–Trinajstić information content (AvgIpc) is 3.06. The monoisotopic (exact) mass is 498 g/mol. The standard InChI is InChI=1S/C24H35ClN2O3S2/c1-4-5-6-7-8-9-10-11-12-13-14-27-23(28)22(32-24(27)31)17-26-19-15-18(25)20(29-2)16-21(19)30-3/h15-17,28H,4-14H2,1-3H3. The van der Waals surface area contributed by atoms with Gasteiger partial charge in [-0.25, -0.2) is 0 Å². The van der Waals surface area contributed by atoms with E-state index >= 15 is 0 Å². The number of aliphatic imine (C=N–C) groups is 1. The van der Waals surface area contributed by atoms with Crippen molar-refractivity contribution in [1.82, 2.24) is 4.57 Å². The van der Waals surface area contributed by atoms with Crippen molar-refractivity contribution in [3.63, 3.8) is 0 Å². The normalized spacial score (nSPS) is 11.4. The Kier molecular flexibility index (Phi) is 12.1. The number of halogens is 1. The van der Waals surface area contributed by atoms with Gasteiger partial charge in [0.05, 0.1) is 25.5 Å². The van der Waals surface area contributed by atoms with Crippen molar-refractivity contribution >= 4 is 47.1 Å². The second kappa shape index (κ2) is 14.6. The van der Waals surface area contributed by atoms with E-state index in [4.69, 9.17) is 33.3 Å². The highest BCUT2D eigenvalue weighted by molar-refractivity contribution is 7.73. The Hall–Kier alpha value is -1.57. The number of hydrogen-bond donors (Lipinski definition) is 1. The molecule has 2 rings (SSSR count). The predicted molar refractivity (Wildman–Crippen MR) is 138 cm³/mol. The molecule has 1 heterocycles. The molecule has 0 radical (unpaired) electrons. The van der Waals surface area contributed by atoms with Crippen molar-refractivity contribution in [2.24, 2.45) is 4.99 Å². The molecule has 0 atom stereocenters. The number of methoxy groups -OCH3 is 2. The minimum Gasteiger partial charge on any atom is -0.495 e. The smallest absolute Gasteiger partial charge is 0.212 e. The molecule has 0 bridgehead atoms. The summed E-state index contributed by atoms with van der Waals surface area (Å²) in [6.07, 6.45) is 14.4. The summed E-state index contributed by atoms with van der Waals surface area (Å²) in [5.41, 5.74) is 0.554. The molecule has 1 aromatic heterocycles. The van der Waals surface area contributed by atoms with Gasteiger partial charge in [0, 0.05) is 12.6 Å². The molecule has 0 aliphatic rings. The van der Waals surface area contributed by atoms with Crippen LogP contribution in [-0.4, -0.2) is 30.1 Å². The van der Waals surface area contributed by atoms with Gasteiger partial charge in [0.2, 0.25) is 5.88 Å². The summed E-state index contributed by atoms with van der Waals surface area (Å²) in [7, 11) is 3.11. The maximum absolute atomic E-state index is 10.6. The molecule has 0 fully saturated rings. The number of ether oxygens (including phenoxy) is 2. The van der Waals surface area contributed by atoms with Gasteiger partial charge in [0.25, 0.3) is 0 Å². The number of nitrogens with zero attached hydrogens (tertiary/aromatic N) is 2. The first-order chi connectivity index (χ1) is 15.5. The van der Waals surface area contributed by atoms with Crippen LogP contribution in [0.1, 0.15) is 76.0 Å². The molecule has 1 aromatic carbocycles. The highest BCUT2D eigenvalue weighted by Crippen LogP contribution is 2.38. The molecule has 8 heteroatoms. The lowest BCUT2D eigenvalue weighted by atomic mass is 10.1. The molecule has 0 amide bonds. The van der Waals surface area contributed by atoms with Crippen LogP contribution in [0, 0.1) is 3.95 Å². The first kappa shape index (κ1) is 26.7. The van der Waals surface area contributed by atoms with Crippen LogP contribution < -0.4 is 9.47 Å². The van der Waals surface area contributed by atoms with Crippen LogP contribution in [0.4, 0.5) is 5.69 Å². The van der Waals surface area contributed by atoms with Crippen LogP contribution in [0.2, 0.25) is 5.02 Å². The lowest BCUT2D eigenvalue weighted by Crippen LogP contribution is -1.97.